The van der Waals surface area contributed by atoms with Gasteiger partial charge in [-0.05, 0) is 18.9 Å². The van der Waals surface area contributed by atoms with Crippen molar-refractivity contribution in [2.45, 2.75) is 38.1 Å². The Balaban J connectivity index is 1.90. The standard InChI is InChI=1S/C18H26N6O5S/c1-4-19-18(21-12-15-11-17(13(2)3)23-29-15)20-8-9-22-30(27,28)16-7-5-6-14(10-16)24(25)26/h5-7,10-11,13,22H,4,8-9,12H2,1-3H3,(H2,19,20,21). The molecular weight excluding hydrogens is 412 g/mol. The van der Waals surface area contributed by atoms with E-state index >= 15 is 0 Å². The second-order valence-corrected chi connectivity index (χ2v) is 8.41. The van der Waals surface area contributed by atoms with Crippen LogP contribution in [0.15, 0.2) is 44.7 Å². The number of sulfonamides is 1. The predicted molar refractivity (Wildman–Crippen MR) is 112 cm³/mol. The zero-order valence-corrected chi connectivity index (χ0v) is 17.9. The van der Waals surface area contributed by atoms with Crippen LogP contribution < -0.4 is 15.4 Å². The van der Waals surface area contributed by atoms with Gasteiger partial charge in [-0.25, -0.2) is 18.1 Å². The number of guanidine groups is 1. The van der Waals surface area contributed by atoms with Crippen LogP contribution >= 0.6 is 0 Å². The Kier molecular flexibility index (Phi) is 8.30. The van der Waals surface area contributed by atoms with Gasteiger partial charge in [0.2, 0.25) is 10.0 Å². The third-order valence-corrected chi connectivity index (χ3v) is 5.41. The van der Waals surface area contributed by atoms with Crippen molar-refractivity contribution in [2.24, 2.45) is 4.99 Å². The van der Waals surface area contributed by atoms with Gasteiger partial charge in [0.1, 0.15) is 6.54 Å². The number of hydrogen-bond acceptors (Lipinski definition) is 7. The number of nitro benzene ring substituents is 1. The van der Waals surface area contributed by atoms with Gasteiger partial charge in [-0.2, -0.15) is 0 Å². The third-order valence-electron chi connectivity index (χ3n) is 3.95. The molecule has 1 heterocycles. The zero-order valence-electron chi connectivity index (χ0n) is 17.1. The smallest absolute Gasteiger partial charge is 0.270 e. The largest absolute Gasteiger partial charge is 0.359 e. The van der Waals surface area contributed by atoms with Crippen LogP contribution in [0.5, 0.6) is 0 Å². The molecule has 12 heteroatoms. The summed E-state index contributed by atoms with van der Waals surface area (Å²) in [5, 5.41) is 20.9. The van der Waals surface area contributed by atoms with E-state index in [-0.39, 0.29) is 36.1 Å². The lowest BCUT2D eigenvalue weighted by atomic mass is 10.1. The van der Waals surface area contributed by atoms with E-state index in [1.165, 1.54) is 18.2 Å². The number of benzene rings is 1. The molecule has 11 nitrogen and oxygen atoms in total. The van der Waals surface area contributed by atoms with Gasteiger partial charge in [-0.3, -0.25) is 10.1 Å². The van der Waals surface area contributed by atoms with Gasteiger partial charge in [0.25, 0.3) is 5.69 Å². The van der Waals surface area contributed by atoms with E-state index in [1.807, 2.05) is 26.8 Å². The Morgan fingerprint density at radius 3 is 2.67 bits per heavy atom. The van der Waals surface area contributed by atoms with Gasteiger partial charge < -0.3 is 15.2 Å². The van der Waals surface area contributed by atoms with Gasteiger partial charge in [0.05, 0.1) is 15.5 Å². The Morgan fingerprint density at radius 2 is 2.03 bits per heavy atom. The molecule has 0 saturated carbocycles. The molecule has 3 N–H and O–H groups in total. The molecule has 1 aromatic heterocycles. The van der Waals surface area contributed by atoms with E-state index in [9.17, 15) is 18.5 Å². The summed E-state index contributed by atoms with van der Waals surface area (Å²) in [5.74, 6) is 1.38. The molecule has 0 saturated heterocycles. The number of non-ortho nitro benzene ring substituents is 1. The molecule has 0 aliphatic heterocycles. The van der Waals surface area contributed by atoms with E-state index < -0.39 is 14.9 Å². The molecule has 0 bridgehead atoms. The molecule has 164 valence electrons. The van der Waals surface area contributed by atoms with Crippen molar-refractivity contribution in [1.29, 1.82) is 0 Å². The van der Waals surface area contributed by atoms with Gasteiger partial charge in [-0.1, -0.05) is 25.1 Å². The van der Waals surface area contributed by atoms with Crippen LogP contribution in [0.1, 0.15) is 38.1 Å². The average molecular weight is 439 g/mol. The molecule has 0 unspecified atom stereocenters. The van der Waals surface area contributed by atoms with Crippen molar-refractivity contribution in [3.8, 4) is 0 Å². The van der Waals surface area contributed by atoms with Crippen LogP contribution in [0.3, 0.4) is 0 Å². The molecule has 0 atom stereocenters. The van der Waals surface area contributed by atoms with Crippen LogP contribution in [-0.2, 0) is 16.6 Å². The van der Waals surface area contributed by atoms with E-state index in [2.05, 4.69) is 25.5 Å². The van der Waals surface area contributed by atoms with Crippen molar-refractivity contribution in [3.05, 3.63) is 51.9 Å². The first kappa shape index (κ1) is 23.3. The number of nitro groups is 1. The van der Waals surface area contributed by atoms with Crippen LogP contribution in [-0.4, -0.2) is 44.1 Å². The highest BCUT2D eigenvalue weighted by Crippen LogP contribution is 2.17. The van der Waals surface area contributed by atoms with E-state index in [4.69, 9.17) is 4.52 Å². The monoisotopic (exact) mass is 438 g/mol. The Hall–Kier alpha value is -2.99. The topological polar surface area (TPSA) is 152 Å². The highest BCUT2D eigenvalue weighted by molar-refractivity contribution is 7.89. The van der Waals surface area contributed by atoms with Crippen LogP contribution in [0.4, 0.5) is 5.69 Å². The summed E-state index contributed by atoms with van der Waals surface area (Å²) in [7, 11) is -3.87. The second-order valence-electron chi connectivity index (χ2n) is 6.65. The lowest BCUT2D eigenvalue weighted by Gasteiger charge is -2.11. The minimum Gasteiger partial charge on any atom is -0.359 e. The second kappa shape index (κ2) is 10.7. The quantitative estimate of drug-likeness (QED) is 0.167. The maximum Gasteiger partial charge on any atom is 0.270 e. The number of nitrogens with zero attached hydrogens (tertiary/aromatic N) is 3. The highest BCUT2D eigenvalue weighted by atomic mass is 32.2. The lowest BCUT2D eigenvalue weighted by molar-refractivity contribution is -0.385. The van der Waals surface area contributed by atoms with Crippen LogP contribution in [0, 0.1) is 10.1 Å². The molecule has 30 heavy (non-hydrogen) atoms. The summed E-state index contributed by atoms with van der Waals surface area (Å²) in [4.78, 5) is 14.4. The average Bonchev–Trinajstić information content (AvgIpc) is 3.19. The number of rotatable bonds is 10. The Bertz CT molecular complexity index is 986. The fourth-order valence-corrected chi connectivity index (χ4v) is 3.46. The minimum atomic E-state index is -3.87. The van der Waals surface area contributed by atoms with Crippen molar-refractivity contribution < 1.29 is 17.9 Å². The van der Waals surface area contributed by atoms with Crippen molar-refractivity contribution in [3.63, 3.8) is 0 Å². The van der Waals surface area contributed by atoms with Crippen molar-refractivity contribution in [2.75, 3.05) is 19.6 Å². The fourth-order valence-electron chi connectivity index (χ4n) is 2.39. The number of hydrogen-bond donors (Lipinski definition) is 3. The molecular formula is C18H26N6O5S. The molecule has 0 radical (unpaired) electrons. The molecule has 0 spiro atoms. The Labute approximate surface area is 175 Å². The first-order chi connectivity index (χ1) is 14.2. The minimum absolute atomic E-state index is 0.0647. The lowest BCUT2D eigenvalue weighted by Crippen LogP contribution is -2.41. The number of aromatic nitrogens is 1. The van der Waals surface area contributed by atoms with Crippen molar-refractivity contribution in [1.82, 2.24) is 20.5 Å². The van der Waals surface area contributed by atoms with Crippen LogP contribution in [0.2, 0.25) is 0 Å². The summed E-state index contributed by atoms with van der Waals surface area (Å²) in [6.07, 6.45) is 0. The highest BCUT2D eigenvalue weighted by Gasteiger charge is 2.17. The van der Waals surface area contributed by atoms with Crippen molar-refractivity contribution >= 4 is 21.7 Å². The van der Waals surface area contributed by atoms with Crippen LogP contribution in [0.25, 0.3) is 0 Å². The molecule has 0 fully saturated rings. The molecule has 1 aromatic carbocycles. The predicted octanol–water partition coefficient (Wildman–Crippen LogP) is 1.74. The van der Waals surface area contributed by atoms with E-state index in [0.29, 0.717) is 18.3 Å². The van der Waals surface area contributed by atoms with Gasteiger partial charge in [0.15, 0.2) is 11.7 Å². The van der Waals surface area contributed by atoms with Gasteiger partial charge in [0, 0.05) is 37.8 Å². The Morgan fingerprint density at radius 1 is 1.27 bits per heavy atom. The molecule has 2 rings (SSSR count). The molecule has 2 aromatic rings. The van der Waals surface area contributed by atoms with Gasteiger partial charge in [-0.15, -0.1) is 0 Å². The summed E-state index contributed by atoms with van der Waals surface area (Å²) in [6.45, 7) is 7.18. The normalized spacial score (nSPS) is 12.2. The molecule has 0 amide bonds. The summed E-state index contributed by atoms with van der Waals surface area (Å²) < 4.78 is 32.3. The summed E-state index contributed by atoms with van der Waals surface area (Å²) in [5.41, 5.74) is 0.569. The maximum atomic E-state index is 12.3. The molecule has 0 aliphatic rings. The first-order valence-corrected chi connectivity index (χ1v) is 10.9. The number of nitrogens with one attached hydrogen (secondary N) is 3. The third kappa shape index (κ3) is 6.81. The SMILES string of the molecule is CCNC(=NCc1cc(C(C)C)no1)NCCNS(=O)(=O)c1cccc([N+](=O)[O-])c1. The molecule has 0 aliphatic carbocycles. The summed E-state index contributed by atoms with van der Waals surface area (Å²) in [6, 6.07) is 6.74. The number of aliphatic imine (C=N–C) groups is 1. The first-order valence-electron chi connectivity index (χ1n) is 9.44. The van der Waals surface area contributed by atoms with E-state index in [1.54, 1.807) is 0 Å². The fraction of sp³-hybridized carbons (Fsp3) is 0.444. The summed E-state index contributed by atoms with van der Waals surface area (Å²) >= 11 is 0. The van der Waals surface area contributed by atoms with E-state index in [0.717, 1.165) is 11.8 Å². The maximum absolute atomic E-state index is 12.3. The van der Waals surface area contributed by atoms with Gasteiger partial charge >= 0.3 is 0 Å². The zero-order chi connectivity index (χ0) is 22.1.